The third-order valence-electron chi connectivity index (χ3n) is 4.14. The number of ketones is 1. The summed E-state index contributed by atoms with van der Waals surface area (Å²) in [6, 6.07) is 3.56. The van der Waals surface area contributed by atoms with Gasteiger partial charge < -0.3 is 9.30 Å². The van der Waals surface area contributed by atoms with Gasteiger partial charge in [0.1, 0.15) is 0 Å². The summed E-state index contributed by atoms with van der Waals surface area (Å²) in [5, 5.41) is 4.07. The Bertz CT molecular complexity index is 970. The van der Waals surface area contributed by atoms with E-state index in [-0.39, 0.29) is 18.2 Å². The molecule has 3 aromatic rings. The van der Waals surface area contributed by atoms with E-state index in [0.717, 1.165) is 23.6 Å². The number of carbonyl (C=O) groups is 2. The summed E-state index contributed by atoms with van der Waals surface area (Å²) in [7, 11) is 0. The fraction of sp³-hybridized carbons (Fsp3) is 0.353. The van der Waals surface area contributed by atoms with E-state index in [1.54, 1.807) is 12.3 Å². The average Bonchev–Trinajstić information content (AvgIpc) is 3.14. The molecule has 0 aliphatic carbocycles. The number of rotatable bonds is 5. The first-order valence-corrected chi connectivity index (χ1v) is 7.97. The van der Waals surface area contributed by atoms with Crippen molar-refractivity contribution in [2.45, 2.75) is 34.2 Å². The maximum Gasteiger partial charge on any atom is 0.378 e. The normalized spacial score (nSPS) is 11.0. The molecule has 0 atom stereocenters. The summed E-state index contributed by atoms with van der Waals surface area (Å²) in [6.45, 7) is 8.08. The summed E-state index contributed by atoms with van der Waals surface area (Å²) in [6.07, 6.45) is 1.58. The molecule has 0 spiro atoms. The first-order chi connectivity index (χ1) is 11.9. The van der Waals surface area contributed by atoms with Gasteiger partial charge in [-0.05, 0) is 39.8 Å². The summed E-state index contributed by atoms with van der Waals surface area (Å²) >= 11 is 0. The monoisotopic (exact) mass is 341 g/mol. The van der Waals surface area contributed by atoms with Gasteiger partial charge in [-0.2, -0.15) is 4.98 Å². The van der Waals surface area contributed by atoms with Crippen LogP contribution in [0.5, 0.6) is 0 Å². The molecule has 0 fully saturated rings. The molecule has 3 aromatic heterocycles. The van der Waals surface area contributed by atoms with Crippen LogP contribution in [0.3, 0.4) is 0 Å². The Kier molecular flexibility index (Phi) is 4.35. The fourth-order valence-electron chi connectivity index (χ4n) is 2.84. The minimum atomic E-state index is -0.748. The topological polar surface area (TPSA) is 91.4 Å². The van der Waals surface area contributed by atoms with Crippen molar-refractivity contribution in [2.24, 2.45) is 0 Å². The zero-order chi connectivity index (χ0) is 18.1. The van der Waals surface area contributed by atoms with Crippen LogP contribution in [-0.2, 0) is 11.3 Å². The van der Waals surface area contributed by atoms with Gasteiger partial charge in [0.15, 0.2) is 6.61 Å². The SMILES string of the molecule is CCn1c(C)cc(C(=O)COC(=O)c2nc3nccc(C)n3n2)c1C. The summed E-state index contributed by atoms with van der Waals surface area (Å²) in [4.78, 5) is 32.5. The second kappa shape index (κ2) is 6.46. The van der Waals surface area contributed by atoms with Gasteiger partial charge in [-0.25, -0.2) is 14.3 Å². The molecule has 0 amide bonds. The van der Waals surface area contributed by atoms with Crippen molar-refractivity contribution in [2.75, 3.05) is 6.61 Å². The highest BCUT2D eigenvalue weighted by molar-refractivity contribution is 6.00. The Balaban J connectivity index is 1.73. The molecule has 25 heavy (non-hydrogen) atoms. The second-order valence-corrected chi connectivity index (χ2v) is 5.76. The molecule has 0 saturated carbocycles. The van der Waals surface area contributed by atoms with E-state index < -0.39 is 5.97 Å². The number of aryl methyl sites for hydroxylation is 2. The van der Waals surface area contributed by atoms with Crippen LogP contribution in [0, 0.1) is 20.8 Å². The number of nitrogens with zero attached hydrogens (tertiary/aromatic N) is 5. The quantitative estimate of drug-likeness (QED) is 0.520. The van der Waals surface area contributed by atoms with Gasteiger partial charge in [-0.15, -0.1) is 5.10 Å². The summed E-state index contributed by atoms with van der Waals surface area (Å²) in [5.74, 6) is -0.805. The maximum absolute atomic E-state index is 12.4. The Hall–Kier alpha value is -3.03. The zero-order valence-corrected chi connectivity index (χ0v) is 14.6. The Labute approximate surface area is 144 Å². The minimum absolute atomic E-state index is 0.117. The maximum atomic E-state index is 12.4. The van der Waals surface area contributed by atoms with Crippen molar-refractivity contribution in [3.05, 3.63) is 46.8 Å². The van der Waals surface area contributed by atoms with Crippen molar-refractivity contribution in [1.29, 1.82) is 0 Å². The smallest absolute Gasteiger partial charge is 0.378 e. The zero-order valence-electron chi connectivity index (χ0n) is 14.6. The predicted octanol–water partition coefficient (Wildman–Crippen LogP) is 1.91. The molecule has 0 N–H and O–H groups in total. The van der Waals surface area contributed by atoms with Gasteiger partial charge in [-0.3, -0.25) is 4.79 Å². The molecule has 3 rings (SSSR count). The van der Waals surface area contributed by atoms with Gasteiger partial charge in [-0.1, -0.05) is 0 Å². The number of esters is 1. The lowest BCUT2D eigenvalue weighted by molar-refractivity contribution is 0.0462. The van der Waals surface area contributed by atoms with Crippen molar-refractivity contribution in [3.8, 4) is 0 Å². The van der Waals surface area contributed by atoms with Gasteiger partial charge in [0.2, 0.25) is 5.78 Å². The molecule has 130 valence electrons. The van der Waals surface area contributed by atoms with Gasteiger partial charge in [0.25, 0.3) is 11.6 Å². The van der Waals surface area contributed by atoms with Crippen molar-refractivity contribution in [3.63, 3.8) is 0 Å². The molecule has 0 radical (unpaired) electrons. The molecule has 0 aliphatic rings. The lowest BCUT2D eigenvalue weighted by atomic mass is 10.1. The van der Waals surface area contributed by atoms with E-state index in [2.05, 4.69) is 15.1 Å². The van der Waals surface area contributed by atoms with Crippen LogP contribution < -0.4 is 0 Å². The van der Waals surface area contributed by atoms with E-state index in [4.69, 9.17) is 4.74 Å². The summed E-state index contributed by atoms with van der Waals surface area (Å²) < 4.78 is 8.57. The van der Waals surface area contributed by atoms with Crippen LogP contribution in [0.4, 0.5) is 0 Å². The first-order valence-electron chi connectivity index (χ1n) is 7.97. The van der Waals surface area contributed by atoms with Gasteiger partial charge in [0, 0.05) is 35.4 Å². The number of hydrogen-bond acceptors (Lipinski definition) is 6. The molecule has 0 saturated heterocycles. The van der Waals surface area contributed by atoms with E-state index in [9.17, 15) is 9.59 Å². The van der Waals surface area contributed by atoms with E-state index in [0.29, 0.717) is 11.3 Å². The average molecular weight is 341 g/mol. The molecule has 0 aromatic carbocycles. The molecule has 0 aliphatic heterocycles. The minimum Gasteiger partial charge on any atom is -0.451 e. The highest BCUT2D eigenvalue weighted by Gasteiger charge is 2.20. The number of hydrogen-bond donors (Lipinski definition) is 0. The van der Waals surface area contributed by atoms with Gasteiger partial charge in [0.05, 0.1) is 0 Å². The first kappa shape index (κ1) is 16.8. The predicted molar refractivity (Wildman–Crippen MR) is 89.7 cm³/mol. The highest BCUT2D eigenvalue weighted by atomic mass is 16.5. The molecule has 8 nitrogen and oxygen atoms in total. The summed E-state index contributed by atoms with van der Waals surface area (Å²) in [5.41, 5.74) is 3.22. The van der Waals surface area contributed by atoms with Crippen LogP contribution in [-0.4, -0.2) is 42.5 Å². The number of carbonyl (C=O) groups excluding carboxylic acids is 2. The number of Topliss-reactive ketones (excluding diaryl/α,β-unsaturated/α-hetero) is 1. The Morgan fingerprint density at radius 2 is 1.96 bits per heavy atom. The lowest BCUT2D eigenvalue weighted by Gasteiger charge is -2.05. The van der Waals surface area contributed by atoms with E-state index in [1.807, 2.05) is 38.3 Å². The van der Waals surface area contributed by atoms with Crippen molar-refractivity contribution in [1.82, 2.24) is 24.1 Å². The molecular formula is C17H19N5O3. The standard InChI is InChI=1S/C17H19N5O3/c1-5-21-11(3)8-13(12(21)4)14(23)9-25-16(24)15-19-17-18-7-6-10(2)22(17)20-15/h6-8H,5,9H2,1-4H3. The third kappa shape index (κ3) is 3.02. The van der Waals surface area contributed by atoms with E-state index in [1.165, 1.54) is 4.52 Å². The second-order valence-electron chi connectivity index (χ2n) is 5.76. The van der Waals surface area contributed by atoms with Crippen molar-refractivity contribution >= 4 is 17.5 Å². The van der Waals surface area contributed by atoms with E-state index >= 15 is 0 Å². The molecule has 0 unspecified atom stereocenters. The fourth-order valence-corrected chi connectivity index (χ4v) is 2.84. The third-order valence-corrected chi connectivity index (χ3v) is 4.14. The van der Waals surface area contributed by atoms with Crippen LogP contribution in [0.15, 0.2) is 18.3 Å². The molecule has 3 heterocycles. The van der Waals surface area contributed by atoms with Crippen LogP contribution in [0.1, 0.15) is 45.0 Å². The lowest BCUT2D eigenvalue weighted by Crippen LogP contribution is -2.16. The Morgan fingerprint density at radius 1 is 1.20 bits per heavy atom. The van der Waals surface area contributed by atoms with Crippen LogP contribution >= 0.6 is 0 Å². The molecule has 0 bridgehead atoms. The Morgan fingerprint density at radius 3 is 2.60 bits per heavy atom. The highest BCUT2D eigenvalue weighted by Crippen LogP contribution is 2.16. The molecule has 8 heteroatoms. The number of fused-ring (bicyclic) bond motifs is 1. The van der Waals surface area contributed by atoms with Crippen LogP contribution in [0.25, 0.3) is 5.78 Å². The van der Waals surface area contributed by atoms with Gasteiger partial charge >= 0.3 is 5.97 Å². The number of ether oxygens (including phenoxy) is 1. The van der Waals surface area contributed by atoms with Crippen LogP contribution in [0.2, 0.25) is 0 Å². The molecular weight excluding hydrogens is 322 g/mol. The largest absolute Gasteiger partial charge is 0.451 e. The van der Waals surface area contributed by atoms with Crippen molar-refractivity contribution < 1.29 is 14.3 Å². The number of aromatic nitrogens is 5.